The molecule has 4 heteroatoms. The van der Waals surface area contributed by atoms with Crippen LogP contribution in [0.2, 0.25) is 0 Å². The van der Waals surface area contributed by atoms with Crippen LogP contribution in [-0.2, 0) is 4.79 Å². The number of hydrogen-bond acceptors (Lipinski definition) is 2. The van der Waals surface area contributed by atoms with Gasteiger partial charge < -0.3 is 10.6 Å². The Balaban J connectivity index is 1.97. The Bertz CT molecular complexity index is 668. The van der Waals surface area contributed by atoms with Crippen molar-refractivity contribution in [1.29, 1.82) is 0 Å². The maximum atomic E-state index is 12.0. The highest BCUT2D eigenvalue weighted by Gasteiger charge is 2.06. The Morgan fingerprint density at radius 1 is 1.00 bits per heavy atom. The van der Waals surface area contributed by atoms with E-state index in [0.29, 0.717) is 0 Å². The molecule has 0 bridgehead atoms. The highest BCUT2D eigenvalue weighted by molar-refractivity contribution is 9.10. The zero-order valence-electron chi connectivity index (χ0n) is 12.5. The predicted octanol–water partition coefficient (Wildman–Crippen LogP) is 4.42. The van der Waals surface area contributed by atoms with E-state index >= 15 is 0 Å². The molecule has 0 saturated heterocycles. The lowest BCUT2D eigenvalue weighted by Gasteiger charge is -2.12. The van der Waals surface area contributed by atoms with E-state index in [2.05, 4.69) is 26.6 Å². The molecule has 0 aromatic heterocycles. The molecule has 2 rings (SSSR count). The summed E-state index contributed by atoms with van der Waals surface area (Å²) < 4.78 is 1.03. The smallest absolute Gasteiger partial charge is 0.243 e. The monoisotopic (exact) mass is 346 g/mol. The van der Waals surface area contributed by atoms with Crippen LogP contribution in [0.15, 0.2) is 40.9 Å². The first kappa shape index (κ1) is 15.6. The SMILES string of the molecule is Cc1ccc(C)c(NC(=O)CNc2ccc(Br)cc2C)c1. The van der Waals surface area contributed by atoms with Crippen molar-refractivity contribution in [3.8, 4) is 0 Å². The van der Waals surface area contributed by atoms with Crippen molar-refractivity contribution >= 4 is 33.2 Å². The van der Waals surface area contributed by atoms with Gasteiger partial charge in [0, 0.05) is 15.8 Å². The van der Waals surface area contributed by atoms with Crippen molar-refractivity contribution in [2.75, 3.05) is 17.2 Å². The Kier molecular flexibility index (Phi) is 5.02. The van der Waals surface area contributed by atoms with Crippen molar-refractivity contribution in [2.24, 2.45) is 0 Å². The number of hydrogen-bond donors (Lipinski definition) is 2. The Morgan fingerprint density at radius 3 is 2.48 bits per heavy atom. The van der Waals surface area contributed by atoms with Crippen molar-refractivity contribution in [2.45, 2.75) is 20.8 Å². The highest BCUT2D eigenvalue weighted by atomic mass is 79.9. The van der Waals surface area contributed by atoms with Crippen LogP contribution in [0.1, 0.15) is 16.7 Å². The Hall–Kier alpha value is -1.81. The van der Waals surface area contributed by atoms with Gasteiger partial charge in [-0.3, -0.25) is 4.79 Å². The van der Waals surface area contributed by atoms with E-state index in [1.165, 1.54) is 0 Å². The highest BCUT2D eigenvalue weighted by Crippen LogP contribution is 2.20. The summed E-state index contributed by atoms with van der Waals surface area (Å²) >= 11 is 3.43. The van der Waals surface area contributed by atoms with E-state index in [9.17, 15) is 4.79 Å². The molecule has 1 amide bonds. The number of carbonyl (C=O) groups excluding carboxylic acids is 1. The minimum Gasteiger partial charge on any atom is -0.376 e. The third kappa shape index (κ3) is 4.33. The minimum atomic E-state index is -0.0500. The maximum absolute atomic E-state index is 12.0. The largest absolute Gasteiger partial charge is 0.376 e. The van der Waals surface area contributed by atoms with Crippen molar-refractivity contribution in [1.82, 2.24) is 0 Å². The average Bonchev–Trinajstić information content (AvgIpc) is 2.42. The molecule has 0 aliphatic rings. The molecule has 21 heavy (non-hydrogen) atoms. The number of amides is 1. The molecule has 2 aromatic carbocycles. The van der Waals surface area contributed by atoms with E-state index < -0.39 is 0 Å². The number of halogens is 1. The zero-order chi connectivity index (χ0) is 15.4. The van der Waals surface area contributed by atoms with Gasteiger partial charge in [0.15, 0.2) is 0 Å². The summed E-state index contributed by atoms with van der Waals surface area (Å²) in [5.41, 5.74) is 5.13. The second-order valence-corrected chi connectivity index (χ2v) is 6.10. The molecule has 0 aliphatic heterocycles. The van der Waals surface area contributed by atoms with Gasteiger partial charge >= 0.3 is 0 Å². The van der Waals surface area contributed by atoms with Crippen LogP contribution in [0.3, 0.4) is 0 Å². The number of carbonyl (C=O) groups is 1. The van der Waals surface area contributed by atoms with Gasteiger partial charge in [0.25, 0.3) is 0 Å². The Labute approximate surface area is 133 Å². The van der Waals surface area contributed by atoms with Gasteiger partial charge in [-0.2, -0.15) is 0 Å². The second kappa shape index (κ2) is 6.76. The molecule has 3 nitrogen and oxygen atoms in total. The fourth-order valence-corrected chi connectivity index (χ4v) is 2.54. The van der Waals surface area contributed by atoms with Gasteiger partial charge in [-0.25, -0.2) is 0 Å². The molecule has 0 aliphatic carbocycles. The molecule has 0 atom stereocenters. The molecule has 0 saturated carbocycles. The fraction of sp³-hybridized carbons (Fsp3) is 0.235. The van der Waals surface area contributed by atoms with Gasteiger partial charge in [0.2, 0.25) is 5.91 Å². The van der Waals surface area contributed by atoms with Gasteiger partial charge in [0.05, 0.1) is 6.54 Å². The zero-order valence-corrected chi connectivity index (χ0v) is 14.0. The van der Waals surface area contributed by atoms with Crippen LogP contribution in [0.4, 0.5) is 11.4 Å². The van der Waals surface area contributed by atoms with E-state index in [0.717, 1.165) is 32.5 Å². The van der Waals surface area contributed by atoms with Crippen LogP contribution in [0.25, 0.3) is 0 Å². The lowest BCUT2D eigenvalue weighted by atomic mass is 10.1. The number of anilines is 2. The number of benzene rings is 2. The molecule has 2 N–H and O–H groups in total. The molecule has 0 fully saturated rings. The third-order valence-corrected chi connectivity index (χ3v) is 3.79. The lowest BCUT2D eigenvalue weighted by molar-refractivity contribution is -0.114. The summed E-state index contributed by atoms with van der Waals surface area (Å²) in [6, 6.07) is 12.0. The summed E-state index contributed by atoms with van der Waals surface area (Å²) in [6.07, 6.45) is 0. The first-order valence-corrected chi connectivity index (χ1v) is 7.62. The second-order valence-electron chi connectivity index (χ2n) is 5.18. The molecule has 0 radical (unpaired) electrons. The fourth-order valence-electron chi connectivity index (χ4n) is 2.07. The topological polar surface area (TPSA) is 41.1 Å². The van der Waals surface area contributed by atoms with Crippen molar-refractivity contribution < 1.29 is 4.79 Å². The van der Waals surface area contributed by atoms with E-state index in [1.807, 2.05) is 57.2 Å². The molecule has 0 heterocycles. The summed E-state index contributed by atoms with van der Waals surface area (Å²) in [4.78, 5) is 12.0. The summed E-state index contributed by atoms with van der Waals surface area (Å²) in [5.74, 6) is -0.0500. The average molecular weight is 347 g/mol. The predicted molar refractivity (Wildman–Crippen MR) is 91.9 cm³/mol. The molecular formula is C17H19BrN2O. The number of nitrogens with one attached hydrogen (secondary N) is 2. The molecule has 2 aromatic rings. The Morgan fingerprint density at radius 2 is 1.76 bits per heavy atom. The minimum absolute atomic E-state index is 0.0500. The normalized spacial score (nSPS) is 10.3. The summed E-state index contributed by atoms with van der Waals surface area (Å²) in [5, 5.41) is 6.10. The van der Waals surface area contributed by atoms with Crippen molar-refractivity contribution in [3.05, 3.63) is 57.6 Å². The van der Waals surface area contributed by atoms with Crippen LogP contribution in [0, 0.1) is 20.8 Å². The first-order valence-electron chi connectivity index (χ1n) is 6.83. The quantitative estimate of drug-likeness (QED) is 0.859. The van der Waals surface area contributed by atoms with E-state index in [1.54, 1.807) is 0 Å². The molecule has 110 valence electrons. The van der Waals surface area contributed by atoms with Gasteiger partial charge in [-0.05, 0) is 61.7 Å². The number of rotatable bonds is 4. The van der Waals surface area contributed by atoms with E-state index in [-0.39, 0.29) is 12.5 Å². The van der Waals surface area contributed by atoms with Crippen molar-refractivity contribution in [3.63, 3.8) is 0 Å². The maximum Gasteiger partial charge on any atom is 0.243 e. The standard InChI is InChI=1S/C17H19BrN2O/c1-11-4-5-12(2)16(8-11)20-17(21)10-19-15-7-6-14(18)9-13(15)3/h4-9,19H,10H2,1-3H3,(H,20,21). The number of aryl methyl sites for hydroxylation is 3. The van der Waals surface area contributed by atoms with Gasteiger partial charge in [-0.15, -0.1) is 0 Å². The van der Waals surface area contributed by atoms with Gasteiger partial charge in [-0.1, -0.05) is 28.1 Å². The van der Waals surface area contributed by atoms with E-state index in [4.69, 9.17) is 0 Å². The van der Waals surface area contributed by atoms with Crippen LogP contribution < -0.4 is 10.6 Å². The summed E-state index contributed by atoms with van der Waals surface area (Å²) in [6.45, 7) is 6.26. The third-order valence-electron chi connectivity index (χ3n) is 3.30. The first-order chi connectivity index (χ1) is 9.95. The molecule has 0 spiro atoms. The van der Waals surface area contributed by atoms with Gasteiger partial charge in [0.1, 0.15) is 0 Å². The molecule has 0 unspecified atom stereocenters. The molecular weight excluding hydrogens is 328 g/mol. The van der Waals surface area contributed by atoms with Crippen LogP contribution in [0.5, 0.6) is 0 Å². The lowest BCUT2D eigenvalue weighted by Crippen LogP contribution is -2.22. The summed E-state index contributed by atoms with van der Waals surface area (Å²) in [7, 11) is 0. The van der Waals surface area contributed by atoms with Crippen LogP contribution >= 0.6 is 15.9 Å². The van der Waals surface area contributed by atoms with Crippen LogP contribution in [-0.4, -0.2) is 12.5 Å².